The number of hydrogen-bond acceptors (Lipinski definition) is 6. The van der Waals surface area contributed by atoms with Crippen molar-refractivity contribution >= 4 is 17.9 Å². The standard InChI is InChI=1S/C60H98O6/c1-4-7-10-13-16-19-22-25-27-29-30-32-33-35-38-41-44-47-50-53-59(62)65-56-57(55-64-58(61)52-49-46-43-40-37-24-21-18-15-12-9-6-3)66-60(63)54-51-48-45-42-39-36-34-31-28-26-23-20-17-14-11-8-5-2/h7,10,13,16,18-19,21-22,25-30,32-33,35,38,57H,4-6,8-9,11-12,14-15,17,20,23-24,31,34,36-37,39-56H2,1-3H3/b10-7-,16-13-,21-18-,22-19-,27-25-,28-26-,30-29+,33-32-,38-35-. The first-order valence-electron chi connectivity index (χ1n) is 27.0. The van der Waals surface area contributed by atoms with Crippen LogP contribution in [0.1, 0.15) is 233 Å². The van der Waals surface area contributed by atoms with Gasteiger partial charge >= 0.3 is 17.9 Å². The van der Waals surface area contributed by atoms with Crippen molar-refractivity contribution in [1.29, 1.82) is 0 Å². The van der Waals surface area contributed by atoms with Crippen molar-refractivity contribution in [3.05, 3.63) is 109 Å². The summed E-state index contributed by atoms with van der Waals surface area (Å²) in [5, 5.41) is 0. The molecule has 1 atom stereocenters. The van der Waals surface area contributed by atoms with Crippen molar-refractivity contribution in [2.75, 3.05) is 13.2 Å². The molecule has 0 fully saturated rings. The molecule has 66 heavy (non-hydrogen) atoms. The second kappa shape index (κ2) is 53.7. The number of allylic oxidation sites excluding steroid dienone is 18. The summed E-state index contributed by atoms with van der Waals surface area (Å²) in [6.07, 6.45) is 72.1. The lowest BCUT2D eigenvalue weighted by Crippen LogP contribution is -2.30. The minimum absolute atomic E-state index is 0.101. The van der Waals surface area contributed by atoms with Gasteiger partial charge in [-0.05, 0) is 89.9 Å². The van der Waals surface area contributed by atoms with E-state index in [1.807, 2.05) is 72.9 Å². The molecule has 0 aromatic carbocycles. The Morgan fingerprint density at radius 1 is 0.318 bits per heavy atom. The molecule has 6 nitrogen and oxygen atoms in total. The fourth-order valence-corrected chi connectivity index (χ4v) is 7.12. The van der Waals surface area contributed by atoms with Gasteiger partial charge in [0, 0.05) is 19.3 Å². The van der Waals surface area contributed by atoms with Gasteiger partial charge in [-0.1, -0.05) is 233 Å². The second-order valence-electron chi connectivity index (χ2n) is 17.6. The summed E-state index contributed by atoms with van der Waals surface area (Å²) in [6, 6.07) is 0. The van der Waals surface area contributed by atoms with Crippen LogP contribution in [0, 0.1) is 0 Å². The number of hydrogen-bond donors (Lipinski definition) is 0. The van der Waals surface area contributed by atoms with Gasteiger partial charge in [0.05, 0.1) is 0 Å². The largest absolute Gasteiger partial charge is 0.462 e. The molecule has 0 heterocycles. The molecule has 0 saturated heterocycles. The number of carbonyl (C=O) groups is 3. The molecule has 0 N–H and O–H groups in total. The number of unbranched alkanes of at least 4 members (excludes halogenated alkanes) is 24. The predicted octanol–water partition coefficient (Wildman–Crippen LogP) is 17.9. The Morgan fingerprint density at radius 2 is 0.606 bits per heavy atom. The van der Waals surface area contributed by atoms with Crippen LogP contribution in [0.15, 0.2) is 109 Å². The van der Waals surface area contributed by atoms with Gasteiger partial charge in [-0.25, -0.2) is 0 Å². The van der Waals surface area contributed by atoms with Crippen molar-refractivity contribution in [1.82, 2.24) is 0 Å². The van der Waals surface area contributed by atoms with E-state index < -0.39 is 6.10 Å². The number of esters is 3. The number of rotatable bonds is 47. The maximum absolute atomic E-state index is 12.8. The number of ether oxygens (including phenoxy) is 3. The lowest BCUT2D eigenvalue weighted by Gasteiger charge is -2.18. The van der Waals surface area contributed by atoms with E-state index in [9.17, 15) is 14.4 Å². The van der Waals surface area contributed by atoms with E-state index in [0.29, 0.717) is 19.3 Å². The first-order valence-corrected chi connectivity index (χ1v) is 27.0. The van der Waals surface area contributed by atoms with Crippen LogP contribution in [-0.4, -0.2) is 37.2 Å². The quantitative estimate of drug-likeness (QED) is 0.0199. The minimum Gasteiger partial charge on any atom is -0.462 e. The average Bonchev–Trinajstić information content (AvgIpc) is 3.31. The molecular weight excluding hydrogens is 817 g/mol. The minimum atomic E-state index is -0.804. The summed E-state index contributed by atoms with van der Waals surface area (Å²) in [6.45, 7) is 6.41. The highest BCUT2D eigenvalue weighted by molar-refractivity contribution is 5.71. The van der Waals surface area contributed by atoms with Gasteiger partial charge in [0.15, 0.2) is 6.10 Å². The zero-order valence-corrected chi connectivity index (χ0v) is 42.7. The van der Waals surface area contributed by atoms with E-state index in [-0.39, 0.29) is 31.1 Å². The van der Waals surface area contributed by atoms with Crippen LogP contribution in [-0.2, 0) is 28.6 Å². The molecule has 0 aliphatic rings. The lowest BCUT2D eigenvalue weighted by molar-refractivity contribution is -0.167. The second-order valence-corrected chi connectivity index (χ2v) is 17.6. The molecule has 0 radical (unpaired) electrons. The zero-order valence-electron chi connectivity index (χ0n) is 42.7. The SMILES string of the molecule is CC\C=C/C=C\C=C/C=C\C=C\C=C/C=C\CCCCCC(=O)OCC(COC(=O)CCCCCCC/C=C\CCCCC)OC(=O)CCCCCCCCC/C=C\CCCCCCCC. The topological polar surface area (TPSA) is 78.9 Å². The van der Waals surface area contributed by atoms with Gasteiger partial charge in [0.25, 0.3) is 0 Å². The Hall–Kier alpha value is -3.93. The van der Waals surface area contributed by atoms with Crippen LogP contribution in [0.3, 0.4) is 0 Å². The molecule has 0 aliphatic carbocycles. The molecule has 0 amide bonds. The third-order valence-electron chi connectivity index (χ3n) is 11.2. The Bertz CT molecular complexity index is 1370. The van der Waals surface area contributed by atoms with Crippen LogP contribution in [0.4, 0.5) is 0 Å². The van der Waals surface area contributed by atoms with Crippen molar-refractivity contribution < 1.29 is 28.6 Å². The van der Waals surface area contributed by atoms with E-state index in [4.69, 9.17) is 14.2 Å². The summed E-state index contributed by atoms with van der Waals surface area (Å²) in [5.41, 5.74) is 0. The van der Waals surface area contributed by atoms with Crippen molar-refractivity contribution in [2.24, 2.45) is 0 Å². The fourth-order valence-electron chi connectivity index (χ4n) is 7.12. The van der Waals surface area contributed by atoms with E-state index in [1.54, 1.807) is 0 Å². The first-order chi connectivity index (χ1) is 32.5. The molecule has 0 saturated carbocycles. The van der Waals surface area contributed by atoms with Gasteiger partial charge in [0.2, 0.25) is 0 Å². The van der Waals surface area contributed by atoms with Crippen molar-refractivity contribution in [3.8, 4) is 0 Å². The zero-order chi connectivity index (χ0) is 47.9. The van der Waals surface area contributed by atoms with Gasteiger partial charge < -0.3 is 14.2 Å². The highest BCUT2D eigenvalue weighted by atomic mass is 16.6. The molecule has 0 aromatic rings. The Morgan fingerprint density at radius 3 is 1.02 bits per heavy atom. The van der Waals surface area contributed by atoms with Gasteiger partial charge in [0.1, 0.15) is 13.2 Å². The summed E-state index contributed by atoms with van der Waals surface area (Å²) in [7, 11) is 0. The van der Waals surface area contributed by atoms with Crippen LogP contribution >= 0.6 is 0 Å². The fraction of sp³-hybridized carbons (Fsp3) is 0.650. The van der Waals surface area contributed by atoms with E-state index in [0.717, 1.165) is 83.5 Å². The van der Waals surface area contributed by atoms with Crippen LogP contribution < -0.4 is 0 Å². The molecule has 374 valence electrons. The third-order valence-corrected chi connectivity index (χ3v) is 11.2. The summed E-state index contributed by atoms with van der Waals surface area (Å²) < 4.78 is 16.8. The summed E-state index contributed by atoms with van der Waals surface area (Å²) in [5.74, 6) is -0.963. The van der Waals surface area contributed by atoms with Crippen LogP contribution in [0.5, 0.6) is 0 Å². The monoisotopic (exact) mass is 915 g/mol. The smallest absolute Gasteiger partial charge is 0.306 e. The Labute approximate surface area is 406 Å². The number of carbonyl (C=O) groups excluding carboxylic acids is 3. The maximum Gasteiger partial charge on any atom is 0.306 e. The highest BCUT2D eigenvalue weighted by Gasteiger charge is 2.19. The molecular formula is C60H98O6. The first kappa shape index (κ1) is 62.1. The van der Waals surface area contributed by atoms with E-state index >= 15 is 0 Å². The Balaban J connectivity index is 4.50. The van der Waals surface area contributed by atoms with E-state index in [2.05, 4.69) is 57.2 Å². The summed E-state index contributed by atoms with van der Waals surface area (Å²) >= 11 is 0. The molecule has 0 aliphatic heterocycles. The van der Waals surface area contributed by atoms with Crippen LogP contribution in [0.25, 0.3) is 0 Å². The highest BCUT2D eigenvalue weighted by Crippen LogP contribution is 2.14. The van der Waals surface area contributed by atoms with Crippen LogP contribution in [0.2, 0.25) is 0 Å². The summed E-state index contributed by atoms with van der Waals surface area (Å²) in [4.78, 5) is 38.0. The van der Waals surface area contributed by atoms with Crippen molar-refractivity contribution in [2.45, 2.75) is 239 Å². The maximum atomic E-state index is 12.8. The average molecular weight is 915 g/mol. The third kappa shape index (κ3) is 51.1. The molecule has 6 heteroatoms. The molecule has 0 spiro atoms. The lowest BCUT2D eigenvalue weighted by atomic mass is 10.1. The van der Waals surface area contributed by atoms with E-state index in [1.165, 1.54) is 109 Å². The Kier molecular flexibility index (Phi) is 50.5. The molecule has 1 unspecified atom stereocenters. The normalized spacial score (nSPS) is 13.0. The van der Waals surface area contributed by atoms with Gasteiger partial charge in [-0.15, -0.1) is 0 Å². The molecule has 0 rings (SSSR count). The van der Waals surface area contributed by atoms with Crippen molar-refractivity contribution in [3.63, 3.8) is 0 Å². The molecule has 0 aromatic heterocycles. The molecule has 0 bridgehead atoms. The predicted molar refractivity (Wildman–Crippen MR) is 283 cm³/mol. The van der Waals surface area contributed by atoms with Gasteiger partial charge in [-0.2, -0.15) is 0 Å². The van der Waals surface area contributed by atoms with Gasteiger partial charge in [-0.3, -0.25) is 14.4 Å².